The highest BCUT2D eigenvalue weighted by atomic mass is 15.2. The molecule has 0 bridgehead atoms. The second kappa shape index (κ2) is 7.34. The predicted molar refractivity (Wildman–Crippen MR) is 75.5 cm³/mol. The van der Waals surface area contributed by atoms with Crippen LogP contribution in [0.15, 0.2) is 0 Å². The summed E-state index contributed by atoms with van der Waals surface area (Å²) in [5, 5.41) is 7.03. The average Bonchev–Trinajstić information content (AvgIpc) is 2.29. The highest BCUT2D eigenvalue weighted by Gasteiger charge is 2.26. The third-order valence-corrected chi connectivity index (χ3v) is 3.67. The quantitative estimate of drug-likeness (QED) is 0.664. The number of nitrogens with one attached hydrogen (secondary N) is 2. The van der Waals surface area contributed by atoms with Gasteiger partial charge in [-0.05, 0) is 39.2 Å². The molecule has 3 heteroatoms. The van der Waals surface area contributed by atoms with Crippen molar-refractivity contribution in [2.45, 2.75) is 46.1 Å². The van der Waals surface area contributed by atoms with E-state index in [2.05, 4.69) is 43.2 Å². The number of rotatable bonds is 7. The average molecular weight is 241 g/mol. The first-order chi connectivity index (χ1) is 8.02. The molecular formula is C14H31N3. The summed E-state index contributed by atoms with van der Waals surface area (Å²) >= 11 is 0. The van der Waals surface area contributed by atoms with Gasteiger partial charge in [0.05, 0.1) is 0 Å². The van der Waals surface area contributed by atoms with E-state index in [1.54, 1.807) is 0 Å². The molecule has 1 rings (SSSR count). The minimum atomic E-state index is 0.292. The molecule has 0 saturated carbocycles. The SMILES string of the molecule is CC(C)CCCNCC(C)(C)N1CCNCC1. The molecule has 0 aromatic rings. The Bertz CT molecular complexity index is 196. The standard InChI is InChI=1S/C14H31N3/c1-13(2)6-5-7-16-12-14(3,4)17-10-8-15-9-11-17/h13,15-16H,5-12H2,1-4H3. The van der Waals surface area contributed by atoms with Gasteiger partial charge in [-0.3, -0.25) is 4.90 Å². The number of hydrogen-bond donors (Lipinski definition) is 2. The van der Waals surface area contributed by atoms with Crippen molar-refractivity contribution in [1.82, 2.24) is 15.5 Å². The summed E-state index contributed by atoms with van der Waals surface area (Å²) in [6, 6.07) is 0. The van der Waals surface area contributed by atoms with Crippen LogP contribution in [-0.2, 0) is 0 Å². The second-order valence-electron chi connectivity index (χ2n) is 6.26. The highest BCUT2D eigenvalue weighted by Crippen LogP contribution is 2.13. The monoisotopic (exact) mass is 241 g/mol. The number of hydrogen-bond acceptors (Lipinski definition) is 3. The highest BCUT2D eigenvalue weighted by molar-refractivity contribution is 4.86. The molecule has 2 N–H and O–H groups in total. The van der Waals surface area contributed by atoms with Crippen molar-refractivity contribution in [3.05, 3.63) is 0 Å². The van der Waals surface area contributed by atoms with Crippen LogP contribution in [0.2, 0.25) is 0 Å². The van der Waals surface area contributed by atoms with Crippen LogP contribution in [-0.4, -0.2) is 49.7 Å². The number of piperazine rings is 1. The first-order valence-electron chi connectivity index (χ1n) is 7.19. The van der Waals surface area contributed by atoms with Crippen molar-refractivity contribution in [2.24, 2.45) is 5.92 Å². The topological polar surface area (TPSA) is 27.3 Å². The molecule has 0 radical (unpaired) electrons. The van der Waals surface area contributed by atoms with Gasteiger partial charge in [-0.15, -0.1) is 0 Å². The Morgan fingerprint density at radius 1 is 1.24 bits per heavy atom. The van der Waals surface area contributed by atoms with Gasteiger partial charge in [0.15, 0.2) is 0 Å². The maximum Gasteiger partial charge on any atom is 0.0278 e. The van der Waals surface area contributed by atoms with Gasteiger partial charge in [0.25, 0.3) is 0 Å². The van der Waals surface area contributed by atoms with Gasteiger partial charge in [0.2, 0.25) is 0 Å². The van der Waals surface area contributed by atoms with Gasteiger partial charge in [-0.2, -0.15) is 0 Å². The van der Waals surface area contributed by atoms with Crippen LogP contribution in [0.25, 0.3) is 0 Å². The van der Waals surface area contributed by atoms with Crippen molar-refractivity contribution in [3.8, 4) is 0 Å². The minimum absolute atomic E-state index is 0.292. The molecule has 0 spiro atoms. The van der Waals surface area contributed by atoms with E-state index in [1.165, 1.54) is 25.9 Å². The van der Waals surface area contributed by atoms with Gasteiger partial charge in [-0.25, -0.2) is 0 Å². The van der Waals surface area contributed by atoms with Crippen molar-refractivity contribution in [2.75, 3.05) is 39.3 Å². The Hall–Kier alpha value is -0.120. The fourth-order valence-corrected chi connectivity index (χ4v) is 2.41. The Morgan fingerprint density at radius 2 is 1.88 bits per heavy atom. The molecule has 1 fully saturated rings. The molecule has 102 valence electrons. The zero-order valence-electron chi connectivity index (χ0n) is 12.2. The lowest BCUT2D eigenvalue weighted by atomic mass is 10.0. The maximum atomic E-state index is 3.62. The molecule has 1 heterocycles. The summed E-state index contributed by atoms with van der Waals surface area (Å²) in [6.45, 7) is 16.2. The van der Waals surface area contributed by atoms with Crippen LogP contribution in [0.5, 0.6) is 0 Å². The molecule has 17 heavy (non-hydrogen) atoms. The van der Waals surface area contributed by atoms with Crippen LogP contribution in [0.1, 0.15) is 40.5 Å². The summed E-state index contributed by atoms with van der Waals surface area (Å²) in [5.74, 6) is 0.831. The van der Waals surface area contributed by atoms with E-state index in [4.69, 9.17) is 0 Å². The molecule has 0 aromatic heterocycles. The van der Waals surface area contributed by atoms with Crippen LogP contribution in [0.3, 0.4) is 0 Å². The third kappa shape index (κ3) is 5.84. The fraction of sp³-hybridized carbons (Fsp3) is 1.00. The lowest BCUT2D eigenvalue weighted by Crippen LogP contribution is -2.57. The molecule has 0 aromatic carbocycles. The first-order valence-corrected chi connectivity index (χ1v) is 7.19. The lowest BCUT2D eigenvalue weighted by molar-refractivity contribution is 0.102. The number of nitrogens with zero attached hydrogens (tertiary/aromatic N) is 1. The Balaban J connectivity index is 2.15. The van der Waals surface area contributed by atoms with Crippen molar-refractivity contribution >= 4 is 0 Å². The lowest BCUT2D eigenvalue weighted by Gasteiger charge is -2.41. The molecular weight excluding hydrogens is 210 g/mol. The Morgan fingerprint density at radius 3 is 2.47 bits per heavy atom. The first kappa shape index (κ1) is 14.9. The van der Waals surface area contributed by atoms with Gasteiger partial charge >= 0.3 is 0 Å². The minimum Gasteiger partial charge on any atom is -0.315 e. The molecule has 0 aliphatic carbocycles. The van der Waals surface area contributed by atoms with E-state index in [-0.39, 0.29) is 0 Å². The van der Waals surface area contributed by atoms with E-state index in [9.17, 15) is 0 Å². The molecule has 0 amide bonds. The smallest absolute Gasteiger partial charge is 0.0278 e. The summed E-state index contributed by atoms with van der Waals surface area (Å²) in [7, 11) is 0. The largest absolute Gasteiger partial charge is 0.315 e. The fourth-order valence-electron chi connectivity index (χ4n) is 2.41. The van der Waals surface area contributed by atoms with Crippen molar-refractivity contribution < 1.29 is 0 Å². The Labute approximate surface area is 107 Å². The van der Waals surface area contributed by atoms with Crippen molar-refractivity contribution in [1.29, 1.82) is 0 Å². The van der Waals surface area contributed by atoms with Gasteiger partial charge in [0.1, 0.15) is 0 Å². The predicted octanol–water partition coefficient (Wildman–Crippen LogP) is 1.70. The van der Waals surface area contributed by atoms with Crippen LogP contribution < -0.4 is 10.6 Å². The molecule has 3 nitrogen and oxygen atoms in total. The molecule has 1 aliphatic heterocycles. The maximum absolute atomic E-state index is 3.62. The van der Waals surface area contributed by atoms with Crippen LogP contribution in [0, 0.1) is 5.92 Å². The van der Waals surface area contributed by atoms with Gasteiger partial charge in [-0.1, -0.05) is 13.8 Å². The van der Waals surface area contributed by atoms with E-state index in [0.29, 0.717) is 5.54 Å². The van der Waals surface area contributed by atoms with E-state index in [0.717, 1.165) is 32.1 Å². The zero-order chi connectivity index (χ0) is 12.7. The third-order valence-electron chi connectivity index (χ3n) is 3.67. The van der Waals surface area contributed by atoms with Gasteiger partial charge < -0.3 is 10.6 Å². The normalized spacial score (nSPS) is 18.9. The molecule has 0 unspecified atom stereocenters. The van der Waals surface area contributed by atoms with Crippen LogP contribution >= 0.6 is 0 Å². The van der Waals surface area contributed by atoms with E-state index < -0.39 is 0 Å². The summed E-state index contributed by atoms with van der Waals surface area (Å²) in [4.78, 5) is 2.60. The molecule has 1 saturated heterocycles. The second-order valence-corrected chi connectivity index (χ2v) is 6.26. The summed E-state index contributed by atoms with van der Waals surface area (Å²) in [6.07, 6.45) is 2.64. The Kier molecular flexibility index (Phi) is 6.45. The van der Waals surface area contributed by atoms with E-state index >= 15 is 0 Å². The molecule has 1 aliphatic rings. The zero-order valence-corrected chi connectivity index (χ0v) is 12.2. The molecule has 0 atom stereocenters. The van der Waals surface area contributed by atoms with E-state index in [1.807, 2.05) is 0 Å². The summed E-state index contributed by atoms with van der Waals surface area (Å²) in [5.41, 5.74) is 0.292. The van der Waals surface area contributed by atoms with Crippen LogP contribution in [0.4, 0.5) is 0 Å². The van der Waals surface area contributed by atoms with Crippen molar-refractivity contribution in [3.63, 3.8) is 0 Å². The van der Waals surface area contributed by atoms with Gasteiger partial charge in [0, 0.05) is 38.3 Å². The summed E-state index contributed by atoms with van der Waals surface area (Å²) < 4.78 is 0.